The molecule has 0 saturated carbocycles. The van der Waals surface area contributed by atoms with Crippen LogP contribution in [0.3, 0.4) is 0 Å². The first-order chi connectivity index (χ1) is 8.54. The maximum Gasteiger partial charge on any atom is 0.254 e. The number of aromatic hydroxyl groups is 1. The van der Waals surface area contributed by atoms with E-state index in [1.807, 2.05) is 6.92 Å². The standard InChI is InChI=1S/C13H19FN2O2/c1-9(8-15)3-2-6-16-13(18)11-5-4-10(17)7-12(11)14/h4-5,7,9,17H,2-3,6,8,15H2,1H3,(H,16,18). The van der Waals surface area contributed by atoms with Crippen LogP contribution in [0.25, 0.3) is 0 Å². The highest BCUT2D eigenvalue weighted by Crippen LogP contribution is 2.14. The summed E-state index contributed by atoms with van der Waals surface area (Å²) >= 11 is 0. The number of nitrogens with one attached hydrogen (secondary N) is 1. The Balaban J connectivity index is 2.41. The molecule has 0 aliphatic rings. The largest absolute Gasteiger partial charge is 0.508 e. The van der Waals surface area contributed by atoms with Gasteiger partial charge in [0.05, 0.1) is 5.56 Å². The highest BCUT2D eigenvalue weighted by atomic mass is 19.1. The molecule has 1 atom stereocenters. The number of halogens is 1. The smallest absolute Gasteiger partial charge is 0.254 e. The van der Waals surface area contributed by atoms with Crippen molar-refractivity contribution in [2.24, 2.45) is 11.7 Å². The molecule has 1 rings (SSSR count). The highest BCUT2D eigenvalue weighted by Gasteiger charge is 2.11. The van der Waals surface area contributed by atoms with Crippen LogP contribution in [0.1, 0.15) is 30.1 Å². The van der Waals surface area contributed by atoms with E-state index in [1.54, 1.807) is 0 Å². The Labute approximate surface area is 106 Å². The lowest BCUT2D eigenvalue weighted by molar-refractivity contribution is 0.0948. The second-order valence-corrected chi connectivity index (χ2v) is 4.40. The summed E-state index contributed by atoms with van der Waals surface area (Å²) < 4.78 is 13.4. The highest BCUT2D eigenvalue weighted by molar-refractivity contribution is 5.94. The number of phenolic OH excluding ortho intramolecular Hbond substituents is 1. The molecule has 1 aromatic carbocycles. The number of carbonyl (C=O) groups excluding carboxylic acids is 1. The van der Waals surface area contributed by atoms with Crippen LogP contribution in [0, 0.1) is 11.7 Å². The first-order valence-corrected chi connectivity index (χ1v) is 6.01. The van der Waals surface area contributed by atoms with Crippen molar-refractivity contribution < 1.29 is 14.3 Å². The Bertz CT molecular complexity index is 410. The van der Waals surface area contributed by atoms with Crippen molar-refractivity contribution in [3.8, 4) is 5.75 Å². The van der Waals surface area contributed by atoms with Gasteiger partial charge in [-0.3, -0.25) is 4.79 Å². The van der Waals surface area contributed by atoms with E-state index in [-0.39, 0.29) is 11.3 Å². The van der Waals surface area contributed by atoms with E-state index in [0.717, 1.165) is 18.9 Å². The van der Waals surface area contributed by atoms with Crippen LogP contribution >= 0.6 is 0 Å². The van der Waals surface area contributed by atoms with Gasteiger partial charge in [0.25, 0.3) is 5.91 Å². The summed E-state index contributed by atoms with van der Waals surface area (Å²) in [7, 11) is 0. The van der Waals surface area contributed by atoms with Gasteiger partial charge in [0, 0.05) is 12.6 Å². The molecule has 4 N–H and O–H groups in total. The van der Waals surface area contributed by atoms with E-state index in [1.165, 1.54) is 12.1 Å². The number of rotatable bonds is 6. The van der Waals surface area contributed by atoms with Crippen molar-refractivity contribution in [3.05, 3.63) is 29.6 Å². The van der Waals surface area contributed by atoms with E-state index in [9.17, 15) is 9.18 Å². The summed E-state index contributed by atoms with van der Waals surface area (Å²) in [6, 6.07) is 3.47. The Hall–Kier alpha value is -1.62. The van der Waals surface area contributed by atoms with Gasteiger partial charge in [-0.2, -0.15) is 0 Å². The molecule has 0 spiro atoms. The van der Waals surface area contributed by atoms with Gasteiger partial charge in [0.1, 0.15) is 11.6 Å². The van der Waals surface area contributed by atoms with E-state index in [2.05, 4.69) is 5.32 Å². The molecule has 18 heavy (non-hydrogen) atoms. The molecule has 0 fully saturated rings. The van der Waals surface area contributed by atoms with Gasteiger partial charge in [-0.1, -0.05) is 6.92 Å². The molecule has 0 radical (unpaired) electrons. The summed E-state index contributed by atoms with van der Waals surface area (Å²) in [4.78, 5) is 11.6. The third-order valence-corrected chi connectivity index (χ3v) is 2.76. The summed E-state index contributed by atoms with van der Waals surface area (Å²) in [6.45, 7) is 3.16. The number of phenols is 1. The molecular formula is C13H19FN2O2. The fraction of sp³-hybridized carbons (Fsp3) is 0.462. The van der Waals surface area contributed by atoms with Gasteiger partial charge in [-0.25, -0.2) is 4.39 Å². The summed E-state index contributed by atoms with van der Waals surface area (Å²) in [6.07, 6.45) is 1.73. The van der Waals surface area contributed by atoms with Gasteiger partial charge >= 0.3 is 0 Å². The molecule has 1 amide bonds. The predicted octanol–water partition coefficient (Wildman–Crippen LogP) is 1.64. The average Bonchev–Trinajstić information content (AvgIpc) is 2.34. The van der Waals surface area contributed by atoms with Gasteiger partial charge in [-0.05, 0) is 37.4 Å². The minimum Gasteiger partial charge on any atom is -0.508 e. The van der Waals surface area contributed by atoms with Crippen molar-refractivity contribution in [2.45, 2.75) is 19.8 Å². The minimum absolute atomic E-state index is 0.0559. The predicted molar refractivity (Wildman–Crippen MR) is 67.9 cm³/mol. The van der Waals surface area contributed by atoms with Crippen LogP contribution in [-0.4, -0.2) is 24.1 Å². The monoisotopic (exact) mass is 254 g/mol. The molecule has 0 bridgehead atoms. The van der Waals surface area contributed by atoms with Crippen LogP contribution in [-0.2, 0) is 0 Å². The Morgan fingerprint density at radius 3 is 2.89 bits per heavy atom. The maximum absolute atomic E-state index is 13.4. The van der Waals surface area contributed by atoms with E-state index >= 15 is 0 Å². The Kier molecular flexibility index (Phi) is 5.58. The summed E-state index contributed by atoms with van der Waals surface area (Å²) in [5.74, 6) is -0.955. The molecule has 4 nitrogen and oxygen atoms in total. The number of amides is 1. The zero-order chi connectivity index (χ0) is 13.5. The van der Waals surface area contributed by atoms with Gasteiger partial charge < -0.3 is 16.2 Å². The van der Waals surface area contributed by atoms with E-state index < -0.39 is 11.7 Å². The van der Waals surface area contributed by atoms with Crippen LogP contribution in [0.2, 0.25) is 0 Å². The molecular weight excluding hydrogens is 235 g/mol. The second kappa shape index (κ2) is 6.96. The minimum atomic E-state index is -0.720. The Morgan fingerprint density at radius 1 is 1.56 bits per heavy atom. The van der Waals surface area contributed by atoms with Gasteiger partial charge in [0.2, 0.25) is 0 Å². The molecule has 0 saturated heterocycles. The van der Waals surface area contributed by atoms with Crippen molar-refractivity contribution in [1.82, 2.24) is 5.32 Å². The maximum atomic E-state index is 13.4. The van der Waals surface area contributed by atoms with Crippen LogP contribution in [0.4, 0.5) is 4.39 Å². The number of carbonyl (C=O) groups is 1. The van der Waals surface area contributed by atoms with Gasteiger partial charge in [0.15, 0.2) is 0 Å². The van der Waals surface area contributed by atoms with E-state index in [0.29, 0.717) is 19.0 Å². The molecule has 0 aliphatic carbocycles. The fourth-order valence-electron chi connectivity index (χ4n) is 1.55. The average molecular weight is 254 g/mol. The normalized spacial score (nSPS) is 12.2. The molecule has 100 valence electrons. The SMILES string of the molecule is CC(CN)CCCNC(=O)c1ccc(O)cc1F. The number of hydrogen-bond acceptors (Lipinski definition) is 3. The molecule has 5 heteroatoms. The van der Waals surface area contributed by atoms with Crippen molar-refractivity contribution in [2.75, 3.05) is 13.1 Å². The number of nitrogens with two attached hydrogens (primary N) is 1. The topological polar surface area (TPSA) is 75.3 Å². The lowest BCUT2D eigenvalue weighted by Crippen LogP contribution is -2.26. The van der Waals surface area contributed by atoms with Gasteiger partial charge in [-0.15, -0.1) is 0 Å². The van der Waals surface area contributed by atoms with Crippen molar-refractivity contribution in [1.29, 1.82) is 0 Å². The third kappa shape index (κ3) is 4.33. The second-order valence-electron chi connectivity index (χ2n) is 4.40. The first kappa shape index (κ1) is 14.4. The van der Waals surface area contributed by atoms with Crippen molar-refractivity contribution >= 4 is 5.91 Å². The Morgan fingerprint density at radius 2 is 2.28 bits per heavy atom. The molecule has 0 heterocycles. The molecule has 0 aliphatic heterocycles. The lowest BCUT2D eigenvalue weighted by Gasteiger charge is -2.09. The zero-order valence-electron chi connectivity index (χ0n) is 10.4. The summed E-state index contributed by atoms with van der Waals surface area (Å²) in [5.41, 5.74) is 5.42. The summed E-state index contributed by atoms with van der Waals surface area (Å²) in [5, 5.41) is 11.7. The van der Waals surface area contributed by atoms with Crippen molar-refractivity contribution in [3.63, 3.8) is 0 Å². The van der Waals surface area contributed by atoms with Crippen LogP contribution in [0.5, 0.6) is 5.75 Å². The molecule has 1 unspecified atom stereocenters. The van der Waals surface area contributed by atoms with Crippen LogP contribution in [0.15, 0.2) is 18.2 Å². The molecule has 0 aromatic heterocycles. The van der Waals surface area contributed by atoms with E-state index in [4.69, 9.17) is 10.8 Å². The molecule has 1 aromatic rings. The zero-order valence-corrected chi connectivity index (χ0v) is 10.4. The fourth-order valence-corrected chi connectivity index (χ4v) is 1.55. The number of hydrogen-bond donors (Lipinski definition) is 3. The number of benzene rings is 1. The quantitative estimate of drug-likeness (QED) is 0.675. The van der Waals surface area contributed by atoms with Crippen LogP contribution < -0.4 is 11.1 Å². The lowest BCUT2D eigenvalue weighted by atomic mass is 10.1. The third-order valence-electron chi connectivity index (χ3n) is 2.76. The first-order valence-electron chi connectivity index (χ1n) is 6.01.